The van der Waals surface area contributed by atoms with E-state index in [9.17, 15) is 4.79 Å². The van der Waals surface area contributed by atoms with Crippen LogP contribution in [0.5, 0.6) is 0 Å². The highest BCUT2D eigenvalue weighted by Gasteiger charge is 2.32. The molecule has 0 radical (unpaired) electrons. The summed E-state index contributed by atoms with van der Waals surface area (Å²) in [4.78, 5) is 12.4. The molecule has 0 atom stereocenters. The number of rotatable bonds is 6. The van der Waals surface area contributed by atoms with Crippen molar-refractivity contribution in [2.75, 3.05) is 11.5 Å². The smallest absolute Gasteiger partial charge is 0.242 e. The van der Waals surface area contributed by atoms with Crippen molar-refractivity contribution in [1.82, 2.24) is 9.99 Å². The molecule has 3 aromatic carbocycles. The molecule has 0 saturated carbocycles. The molecule has 4 nitrogen and oxygen atoms in total. The average Bonchev–Trinajstić information content (AvgIpc) is 3.38. The largest absolute Gasteiger partial charge is 0.342 e. The van der Waals surface area contributed by atoms with E-state index in [0.29, 0.717) is 6.42 Å². The van der Waals surface area contributed by atoms with Crippen LogP contribution in [0.4, 0.5) is 0 Å². The molecule has 32 heavy (non-hydrogen) atoms. The molecule has 0 aliphatic carbocycles. The van der Waals surface area contributed by atoms with Gasteiger partial charge in [0.05, 0.1) is 16.7 Å². The third kappa shape index (κ3) is 4.43. The lowest BCUT2D eigenvalue weighted by Gasteiger charge is -2.19. The first-order valence-electron chi connectivity index (χ1n) is 10.8. The second-order valence-corrected chi connectivity index (χ2v) is 11.6. The van der Waals surface area contributed by atoms with Gasteiger partial charge >= 0.3 is 0 Å². The number of amides is 1. The number of thioether (sulfide) groups is 2. The molecular formula is C26H25N3OS2. The summed E-state index contributed by atoms with van der Waals surface area (Å²) < 4.78 is 2.22. The van der Waals surface area contributed by atoms with Crippen molar-refractivity contribution < 1.29 is 4.79 Å². The van der Waals surface area contributed by atoms with E-state index in [1.807, 2.05) is 29.6 Å². The van der Waals surface area contributed by atoms with Gasteiger partial charge in [0.2, 0.25) is 5.91 Å². The molecule has 1 fully saturated rings. The Morgan fingerprint density at radius 1 is 1.03 bits per heavy atom. The number of benzene rings is 3. The summed E-state index contributed by atoms with van der Waals surface area (Å²) in [6, 6.07) is 23.3. The number of carbonyl (C=O) groups is 1. The second kappa shape index (κ2) is 9.04. The molecule has 5 rings (SSSR count). The number of para-hydroxylation sites is 1. The van der Waals surface area contributed by atoms with E-state index in [1.54, 1.807) is 6.21 Å². The summed E-state index contributed by atoms with van der Waals surface area (Å²) in [6.07, 6.45) is 4.35. The molecular weight excluding hydrogens is 434 g/mol. The number of carbonyl (C=O) groups excluding carboxylic acids is 1. The molecule has 1 aliphatic heterocycles. The van der Waals surface area contributed by atoms with Crippen LogP contribution in [-0.4, -0.2) is 32.3 Å². The van der Waals surface area contributed by atoms with Gasteiger partial charge in [-0.3, -0.25) is 4.79 Å². The zero-order chi connectivity index (χ0) is 22.0. The fraction of sp³-hybridized carbons (Fsp3) is 0.231. The monoisotopic (exact) mass is 459 g/mol. The van der Waals surface area contributed by atoms with Crippen LogP contribution >= 0.6 is 23.5 Å². The zero-order valence-electron chi connectivity index (χ0n) is 18.0. The Morgan fingerprint density at radius 2 is 1.75 bits per heavy atom. The maximum Gasteiger partial charge on any atom is 0.242 e. The molecule has 6 heteroatoms. The van der Waals surface area contributed by atoms with Gasteiger partial charge in [0.15, 0.2) is 0 Å². The molecule has 1 aliphatic rings. The molecule has 0 unspecified atom stereocenters. The number of aromatic nitrogens is 1. The van der Waals surface area contributed by atoms with E-state index < -0.39 is 0 Å². The van der Waals surface area contributed by atoms with Gasteiger partial charge in [-0.05, 0) is 29.3 Å². The number of nitrogens with zero attached hydrogens (tertiary/aromatic N) is 2. The zero-order valence-corrected chi connectivity index (χ0v) is 19.6. The summed E-state index contributed by atoms with van der Waals surface area (Å²) >= 11 is 3.71. The van der Waals surface area contributed by atoms with Gasteiger partial charge in [-0.2, -0.15) is 5.10 Å². The predicted octanol–water partition coefficient (Wildman–Crippen LogP) is 5.88. The van der Waals surface area contributed by atoms with Crippen LogP contribution in [0.25, 0.3) is 21.7 Å². The Morgan fingerprint density at radius 3 is 2.59 bits per heavy atom. The van der Waals surface area contributed by atoms with Crippen LogP contribution in [0, 0.1) is 0 Å². The first-order valence-corrected chi connectivity index (χ1v) is 12.7. The standard InChI is InChI=1S/C26H25N3OS2/c1-26(31-13-14-32-26)15-25(30)28-27-16-21-18-29(24-12-5-4-11-23(21)24)17-20-9-6-8-19-7-2-3-10-22(19)20/h2-12,16,18H,13-15,17H2,1H3,(H,28,30)/b27-16-. The Labute approximate surface area is 196 Å². The maximum absolute atomic E-state index is 12.4. The SMILES string of the molecule is CC1(CC(=O)N/N=C\c2cn(Cc3cccc4ccccc34)c3ccccc23)SCCS1. The minimum atomic E-state index is -0.0369. The fourth-order valence-electron chi connectivity index (χ4n) is 4.29. The minimum Gasteiger partial charge on any atom is -0.342 e. The summed E-state index contributed by atoms with van der Waals surface area (Å²) in [5.41, 5.74) is 6.15. The summed E-state index contributed by atoms with van der Waals surface area (Å²) in [6.45, 7) is 2.91. The molecule has 1 N–H and O–H groups in total. The minimum absolute atomic E-state index is 0.0336. The summed E-state index contributed by atoms with van der Waals surface area (Å²) in [7, 11) is 0. The van der Waals surface area contributed by atoms with E-state index in [-0.39, 0.29) is 9.99 Å². The van der Waals surface area contributed by atoms with Crippen LogP contribution in [0.2, 0.25) is 0 Å². The van der Waals surface area contributed by atoms with Crippen LogP contribution in [0.3, 0.4) is 0 Å². The Balaban J connectivity index is 1.38. The van der Waals surface area contributed by atoms with E-state index in [0.717, 1.165) is 34.5 Å². The van der Waals surface area contributed by atoms with Crippen LogP contribution in [0.1, 0.15) is 24.5 Å². The van der Waals surface area contributed by atoms with E-state index in [2.05, 4.69) is 88.9 Å². The van der Waals surface area contributed by atoms with Gasteiger partial charge in [-0.25, -0.2) is 5.43 Å². The first kappa shape index (κ1) is 21.2. The molecule has 4 aromatic rings. The average molecular weight is 460 g/mol. The van der Waals surface area contributed by atoms with E-state index in [1.165, 1.54) is 16.3 Å². The van der Waals surface area contributed by atoms with Crippen molar-refractivity contribution >= 4 is 57.3 Å². The lowest BCUT2D eigenvalue weighted by atomic mass is 10.0. The fourth-order valence-corrected chi connectivity index (χ4v) is 7.12. The normalized spacial score (nSPS) is 15.7. The third-order valence-electron chi connectivity index (χ3n) is 5.81. The van der Waals surface area contributed by atoms with Crippen molar-refractivity contribution in [2.45, 2.75) is 24.0 Å². The molecule has 0 bridgehead atoms. The van der Waals surface area contributed by atoms with Gasteiger partial charge in [0.1, 0.15) is 0 Å². The summed E-state index contributed by atoms with van der Waals surface area (Å²) in [5, 5.41) is 7.92. The van der Waals surface area contributed by atoms with Gasteiger partial charge < -0.3 is 4.57 Å². The Hall–Kier alpha value is -2.70. The number of hydrazone groups is 1. The Kier molecular flexibility index (Phi) is 5.98. The van der Waals surface area contributed by atoms with Crippen LogP contribution in [-0.2, 0) is 11.3 Å². The molecule has 162 valence electrons. The van der Waals surface area contributed by atoms with Gasteiger partial charge in [-0.15, -0.1) is 23.5 Å². The predicted molar refractivity (Wildman–Crippen MR) is 139 cm³/mol. The van der Waals surface area contributed by atoms with Crippen LogP contribution in [0.15, 0.2) is 78.0 Å². The van der Waals surface area contributed by atoms with E-state index >= 15 is 0 Å². The second-order valence-electron chi connectivity index (χ2n) is 8.17. The first-order chi connectivity index (χ1) is 15.6. The lowest BCUT2D eigenvalue weighted by molar-refractivity contribution is -0.121. The van der Waals surface area contributed by atoms with Gasteiger partial charge in [-0.1, -0.05) is 60.7 Å². The number of hydrogen-bond donors (Lipinski definition) is 1. The number of nitrogens with one attached hydrogen (secondary N) is 1. The molecule has 1 amide bonds. The van der Waals surface area contributed by atoms with Crippen molar-refractivity contribution in [3.05, 3.63) is 84.1 Å². The highest BCUT2D eigenvalue weighted by molar-refractivity contribution is 8.21. The molecule has 1 aromatic heterocycles. The van der Waals surface area contributed by atoms with Crippen molar-refractivity contribution in [3.63, 3.8) is 0 Å². The summed E-state index contributed by atoms with van der Waals surface area (Å²) in [5.74, 6) is 2.17. The Bertz CT molecular complexity index is 1300. The van der Waals surface area contributed by atoms with Crippen molar-refractivity contribution in [1.29, 1.82) is 0 Å². The number of fused-ring (bicyclic) bond motifs is 2. The number of hydrogen-bond acceptors (Lipinski definition) is 4. The maximum atomic E-state index is 12.4. The molecule has 0 spiro atoms. The van der Waals surface area contributed by atoms with Gasteiger partial charge in [0, 0.05) is 40.7 Å². The molecule has 1 saturated heterocycles. The highest BCUT2D eigenvalue weighted by Crippen LogP contribution is 2.45. The van der Waals surface area contributed by atoms with Gasteiger partial charge in [0.25, 0.3) is 0 Å². The topological polar surface area (TPSA) is 46.4 Å². The van der Waals surface area contributed by atoms with Crippen molar-refractivity contribution in [2.24, 2.45) is 5.10 Å². The van der Waals surface area contributed by atoms with Crippen molar-refractivity contribution in [3.8, 4) is 0 Å². The van der Waals surface area contributed by atoms with E-state index in [4.69, 9.17) is 0 Å². The quantitative estimate of drug-likeness (QED) is 0.289. The third-order valence-corrected chi connectivity index (χ3v) is 9.10. The molecule has 2 heterocycles. The van der Waals surface area contributed by atoms with Crippen LogP contribution < -0.4 is 5.43 Å². The lowest BCUT2D eigenvalue weighted by Crippen LogP contribution is -2.26. The highest BCUT2D eigenvalue weighted by atomic mass is 32.2.